The number of phenols is 1. The Morgan fingerprint density at radius 3 is 2.86 bits per heavy atom. The number of hydrogen-bond acceptors (Lipinski definition) is 4. The van der Waals surface area contributed by atoms with Crippen molar-refractivity contribution in [2.24, 2.45) is 22.7 Å². The third-order valence-corrected chi connectivity index (χ3v) is 8.06. The van der Waals surface area contributed by atoms with Gasteiger partial charge in [-0.2, -0.15) is 0 Å². The minimum absolute atomic E-state index is 0.0242. The zero-order valence-electron chi connectivity index (χ0n) is 17.0. The predicted octanol–water partition coefficient (Wildman–Crippen LogP) is 4.46. The summed E-state index contributed by atoms with van der Waals surface area (Å²) in [5, 5.41) is 13.9. The summed E-state index contributed by atoms with van der Waals surface area (Å²) in [6, 6.07) is 3.48. The molecule has 28 heavy (non-hydrogen) atoms. The fourth-order valence-electron chi connectivity index (χ4n) is 6.30. The molecule has 3 fully saturated rings. The number of aromatic hydroxyl groups is 1. The average Bonchev–Trinajstić information content (AvgIpc) is 3.14. The molecule has 2 aliphatic carbocycles. The summed E-state index contributed by atoms with van der Waals surface area (Å²) >= 11 is 6.52. The first-order chi connectivity index (χ1) is 13.2. The number of carbonyl (C=O) groups is 1. The van der Waals surface area contributed by atoms with Crippen molar-refractivity contribution in [1.82, 2.24) is 5.32 Å². The monoisotopic (exact) mass is 407 g/mol. The molecular weight excluding hydrogens is 378 g/mol. The van der Waals surface area contributed by atoms with Gasteiger partial charge in [-0.05, 0) is 48.0 Å². The number of rotatable bonds is 4. The van der Waals surface area contributed by atoms with Crippen LogP contribution < -0.4 is 10.1 Å². The van der Waals surface area contributed by atoms with E-state index in [4.69, 9.17) is 21.1 Å². The van der Waals surface area contributed by atoms with Crippen molar-refractivity contribution in [2.75, 3.05) is 13.7 Å². The standard InChI is InChI=1S/C22H30ClNO4/c1-5-18(26)24-20-21(2,3)12-8-14-19(28-7-6-22(14,20)11-12)13-9-17(27-4)16(25)10-15(13)23/h9-10,12,14,19-20,25H,5-8,11H2,1-4H3,(H,24,26)/t12-,14-,19-,20+,22?/m1/s1. The molecule has 5 atom stereocenters. The molecule has 1 aromatic carbocycles. The average molecular weight is 408 g/mol. The van der Waals surface area contributed by atoms with Gasteiger partial charge in [0.25, 0.3) is 0 Å². The van der Waals surface area contributed by atoms with E-state index in [1.165, 1.54) is 13.2 Å². The summed E-state index contributed by atoms with van der Waals surface area (Å²) in [7, 11) is 1.53. The second kappa shape index (κ2) is 6.81. The van der Waals surface area contributed by atoms with Crippen LogP contribution in [0.2, 0.25) is 5.02 Å². The molecular formula is C22H30ClNO4. The van der Waals surface area contributed by atoms with E-state index >= 15 is 0 Å². The van der Waals surface area contributed by atoms with E-state index < -0.39 is 0 Å². The molecule has 1 spiro atoms. The van der Waals surface area contributed by atoms with E-state index in [0.717, 1.165) is 24.8 Å². The Labute approximate surface area is 171 Å². The fourth-order valence-corrected chi connectivity index (χ4v) is 6.56. The van der Waals surface area contributed by atoms with E-state index in [0.29, 0.717) is 29.7 Å². The highest BCUT2D eigenvalue weighted by Crippen LogP contribution is 2.70. The first-order valence-corrected chi connectivity index (χ1v) is 10.6. The van der Waals surface area contributed by atoms with Gasteiger partial charge in [0.05, 0.1) is 18.2 Å². The van der Waals surface area contributed by atoms with Crippen LogP contribution in [0.3, 0.4) is 0 Å². The number of amides is 1. The van der Waals surface area contributed by atoms with Gasteiger partial charge in [0, 0.05) is 30.7 Å². The molecule has 1 aliphatic heterocycles. The van der Waals surface area contributed by atoms with Crippen molar-refractivity contribution >= 4 is 17.5 Å². The van der Waals surface area contributed by atoms with Gasteiger partial charge in [0.2, 0.25) is 5.91 Å². The van der Waals surface area contributed by atoms with Crippen LogP contribution in [-0.4, -0.2) is 30.8 Å². The van der Waals surface area contributed by atoms with Crippen LogP contribution in [0.25, 0.3) is 0 Å². The normalized spacial score (nSPS) is 35.5. The van der Waals surface area contributed by atoms with Crippen molar-refractivity contribution in [3.05, 3.63) is 22.7 Å². The Morgan fingerprint density at radius 1 is 1.43 bits per heavy atom. The Kier molecular flexibility index (Phi) is 4.82. The summed E-state index contributed by atoms with van der Waals surface area (Å²) in [6.07, 6.45) is 3.48. The zero-order valence-corrected chi connectivity index (χ0v) is 17.8. The lowest BCUT2D eigenvalue weighted by Gasteiger charge is -2.53. The van der Waals surface area contributed by atoms with Crippen LogP contribution in [0.1, 0.15) is 58.1 Å². The Bertz CT molecular complexity index is 795. The first-order valence-electron chi connectivity index (χ1n) is 10.2. The number of hydrogen-bond donors (Lipinski definition) is 2. The molecule has 2 N–H and O–H groups in total. The third kappa shape index (κ3) is 2.73. The molecule has 1 heterocycles. The molecule has 5 nitrogen and oxygen atoms in total. The largest absolute Gasteiger partial charge is 0.504 e. The number of fused-ring (bicyclic) bond motifs is 1. The minimum atomic E-state index is -0.155. The van der Waals surface area contributed by atoms with Gasteiger partial charge in [-0.25, -0.2) is 0 Å². The van der Waals surface area contributed by atoms with E-state index in [1.807, 2.05) is 6.92 Å². The third-order valence-electron chi connectivity index (χ3n) is 7.74. The molecule has 0 aromatic heterocycles. The second-order valence-corrected chi connectivity index (χ2v) is 9.65. The van der Waals surface area contributed by atoms with E-state index in [9.17, 15) is 9.90 Å². The smallest absolute Gasteiger partial charge is 0.219 e. The molecule has 1 aromatic rings. The van der Waals surface area contributed by atoms with Crippen molar-refractivity contribution in [1.29, 1.82) is 0 Å². The minimum Gasteiger partial charge on any atom is -0.504 e. The van der Waals surface area contributed by atoms with Crippen LogP contribution in [0.5, 0.6) is 11.5 Å². The number of carbonyl (C=O) groups excluding carboxylic acids is 1. The highest BCUT2D eigenvalue weighted by Gasteiger charge is 2.68. The Balaban J connectivity index is 1.73. The Morgan fingerprint density at radius 2 is 2.18 bits per heavy atom. The van der Waals surface area contributed by atoms with Crippen molar-refractivity contribution in [3.63, 3.8) is 0 Å². The van der Waals surface area contributed by atoms with Gasteiger partial charge >= 0.3 is 0 Å². The molecule has 1 amide bonds. The zero-order chi connectivity index (χ0) is 20.3. The van der Waals surface area contributed by atoms with E-state index in [1.54, 1.807) is 6.07 Å². The van der Waals surface area contributed by atoms with Crippen molar-refractivity contribution in [2.45, 2.75) is 58.6 Å². The van der Waals surface area contributed by atoms with Crippen LogP contribution in [0.4, 0.5) is 0 Å². The van der Waals surface area contributed by atoms with Crippen LogP contribution >= 0.6 is 11.6 Å². The lowest BCUT2D eigenvalue weighted by atomic mass is 9.59. The number of nitrogens with one attached hydrogen (secondary N) is 1. The molecule has 1 unspecified atom stereocenters. The topological polar surface area (TPSA) is 67.8 Å². The van der Waals surface area contributed by atoms with Crippen LogP contribution in [-0.2, 0) is 9.53 Å². The molecule has 4 rings (SSSR count). The summed E-state index contributed by atoms with van der Waals surface area (Å²) in [5.41, 5.74) is 0.960. The number of ether oxygens (including phenoxy) is 2. The molecule has 6 heteroatoms. The molecule has 154 valence electrons. The predicted molar refractivity (Wildman–Crippen MR) is 108 cm³/mol. The molecule has 2 bridgehead atoms. The molecule has 1 saturated heterocycles. The lowest BCUT2D eigenvalue weighted by Crippen LogP contribution is -2.58. The highest BCUT2D eigenvalue weighted by molar-refractivity contribution is 6.31. The molecule has 3 aliphatic rings. The van der Waals surface area contributed by atoms with Gasteiger partial charge in [-0.3, -0.25) is 4.79 Å². The summed E-state index contributed by atoms with van der Waals surface area (Å²) in [4.78, 5) is 12.3. The Hall–Kier alpha value is -1.46. The second-order valence-electron chi connectivity index (χ2n) is 9.24. The van der Waals surface area contributed by atoms with Crippen LogP contribution in [0, 0.1) is 22.7 Å². The maximum atomic E-state index is 12.3. The van der Waals surface area contributed by atoms with Crippen LogP contribution in [0.15, 0.2) is 12.1 Å². The first kappa shape index (κ1) is 19.8. The van der Waals surface area contributed by atoms with Crippen molar-refractivity contribution in [3.8, 4) is 11.5 Å². The van der Waals surface area contributed by atoms with Gasteiger partial charge in [-0.15, -0.1) is 0 Å². The number of phenolic OH excluding ortho intramolecular Hbond substituents is 1. The molecule has 0 radical (unpaired) electrons. The van der Waals surface area contributed by atoms with E-state index in [-0.39, 0.29) is 40.6 Å². The van der Waals surface area contributed by atoms with Gasteiger partial charge < -0.3 is 19.9 Å². The summed E-state index contributed by atoms with van der Waals surface area (Å²) < 4.78 is 11.6. The van der Waals surface area contributed by atoms with Gasteiger partial charge in [-0.1, -0.05) is 32.4 Å². The summed E-state index contributed by atoms with van der Waals surface area (Å²) in [5.74, 6) is 1.38. The lowest BCUT2D eigenvalue weighted by molar-refractivity contribution is -0.137. The molecule has 2 saturated carbocycles. The highest BCUT2D eigenvalue weighted by atomic mass is 35.5. The number of benzene rings is 1. The maximum Gasteiger partial charge on any atom is 0.219 e. The summed E-state index contributed by atoms with van der Waals surface area (Å²) in [6.45, 7) is 7.14. The van der Waals surface area contributed by atoms with Gasteiger partial charge in [0.1, 0.15) is 0 Å². The fraction of sp³-hybridized carbons (Fsp3) is 0.682. The number of halogens is 1. The number of methoxy groups -OCH3 is 1. The maximum absolute atomic E-state index is 12.3. The van der Waals surface area contributed by atoms with E-state index in [2.05, 4.69) is 19.2 Å². The quantitative estimate of drug-likeness (QED) is 0.773. The van der Waals surface area contributed by atoms with Crippen molar-refractivity contribution < 1.29 is 19.4 Å². The van der Waals surface area contributed by atoms with Gasteiger partial charge in [0.15, 0.2) is 11.5 Å². The SMILES string of the molecule is CCC(=O)N[C@H]1C(C)(C)[C@@H]2C[C@@H]3[C@@H](c4cc(OC)c(O)cc4Cl)OCCC31C2.